The molecule has 0 aliphatic heterocycles. The molecule has 3 nitrogen and oxygen atoms in total. The highest BCUT2D eigenvalue weighted by molar-refractivity contribution is 6.25. The first kappa shape index (κ1) is 13.9. The van der Waals surface area contributed by atoms with E-state index < -0.39 is 0 Å². The van der Waals surface area contributed by atoms with E-state index in [1.54, 1.807) is 6.07 Å². The van der Waals surface area contributed by atoms with E-state index in [1.807, 2.05) is 26.0 Å². The van der Waals surface area contributed by atoms with Gasteiger partial charge < -0.3 is 14.6 Å². The molecule has 0 fully saturated rings. The Morgan fingerprint density at radius 2 is 2.18 bits per heavy atom. The van der Waals surface area contributed by atoms with E-state index >= 15 is 0 Å². The van der Waals surface area contributed by atoms with Crippen molar-refractivity contribution >= 4 is 11.6 Å². The van der Waals surface area contributed by atoms with Gasteiger partial charge in [0.2, 0.25) is 0 Å². The summed E-state index contributed by atoms with van der Waals surface area (Å²) in [7, 11) is 0. The summed E-state index contributed by atoms with van der Waals surface area (Å²) in [6, 6.07) is 5.45. The van der Waals surface area contributed by atoms with Crippen LogP contribution in [-0.4, -0.2) is 18.3 Å². The van der Waals surface area contributed by atoms with Gasteiger partial charge >= 0.3 is 0 Å². The number of benzene rings is 1. The summed E-state index contributed by atoms with van der Waals surface area (Å²) in [5.41, 5.74) is 3.09. The van der Waals surface area contributed by atoms with Gasteiger partial charge in [0.1, 0.15) is 6.61 Å². The highest BCUT2D eigenvalue weighted by atomic mass is 35.5. The first-order chi connectivity index (χ1) is 8.22. The minimum atomic E-state index is -0.0834. The quantitative estimate of drug-likeness (QED) is 0.850. The van der Waals surface area contributed by atoms with Crippen molar-refractivity contribution in [1.29, 1.82) is 0 Å². The summed E-state index contributed by atoms with van der Waals surface area (Å²) >= 11 is 5.57. The minimum Gasteiger partial charge on any atom is -0.490 e. The van der Waals surface area contributed by atoms with E-state index in [9.17, 15) is 5.11 Å². The Morgan fingerprint density at radius 3 is 2.76 bits per heavy atom. The normalized spacial score (nSPS) is 11.4. The molecular weight excluding hydrogens is 240 g/mol. The van der Waals surface area contributed by atoms with E-state index in [0.717, 1.165) is 5.57 Å². The number of ether oxygens (including phenoxy) is 2. The standard InChI is InChI=1S/C13H17ClO3/c1-3-16-12-6-4-5-11(8-15)13(12)17-9-10(2)7-14/h4-7,15H,3,8-9H2,1-2H3/b10-7+. The Kier molecular flexibility index (Phi) is 5.87. The van der Waals surface area contributed by atoms with Crippen LogP contribution in [0.3, 0.4) is 0 Å². The van der Waals surface area contributed by atoms with Gasteiger partial charge in [0.05, 0.1) is 13.2 Å². The van der Waals surface area contributed by atoms with Gasteiger partial charge in [-0.15, -0.1) is 0 Å². The molecule has 1 rings (SSSR count). The van der Waals surface area contributed by atoms with E-state index in [0.29, 0.717) is 30.3 Å². The van der Waals surface area contributed by atoms with Crippen molar-refractivity contribution in [3.63, 3.8) is 0 Å². The van der Waals surface area contributed by atoms with Crippen LogP contribution < -0.4 is 9.47 Å². The Bertz CT molecular complexity index is 388. The molecule has 94 valence electrons. The predicted molar refractivity (Wildman–Crippen MR) is 68.6 cm³/mol. The third-order valence-corrected chi connectivity index (χ3v) is 2.53. The summed E-state index contributed by atoms with van der Waals surface area (Å²) in [4.78, 5) is 0. The molecule has 0 bridgehead atoms. The first-order valence-electron chi connectivity index (χ1n) is 5.47. The second-order valence-electron chi connectivity index (χ2n) is 3.58. The molecule has 0 saturated heterocycles. The molecule has 17 heavy (non-hydrogen) atoms. The fraction of sp³-hybridized carbons (Fsp3) is 0.385. The van der Waals surface area contributed by atoms with Gasteiger partial charge in [0, 0.05) is 11.1 Å². The Morgan fingerprint density at radius 1 is 1.41 bits per heavy atom. The molecule has 4 heteroatoms. The molecule has 0 radical (unpaired) electrons. The number of hydrogen-bond donors (Lipinski definition) is 1. The average Bonchev–Trinajstić information content (AvgIpc) is 2.36. The molecule has 0 spiro atoms. The zero-order valence-electron chi connectivity index (χ0n) is 10.1. The monoisotopic (exact) mass is 256 g/mol. The fourth-order valence-electron chi connectivity index (χ4n) is 1.34. The lowest BCUT2D eigenvalue weighted by atomic mass is 10.2. The van der Waals surface area contributed by atoms with Gasteiger partial charge in [0.25, 0.3) is 0 Å². The zero-order chi connectivity index (χ0) is 12.7. The van der Waals surface area contributed by atoms with Gasteiger partial charge in [0.15, 0.2) is 11.5 Å². The second kappa shape index (κ2) is 7.20. The van der Waals surface area contributed by atoms with E-state index in [1.165, 1.54) is 5.54 Å². The molecule has 0 aromatic heterocycles. The maximum atomic E-state index is 9.26. The fourth-order valence-corrected chi connectivity index (χ4v) is 1.40. The maximum Gasteiger partial charge on any atom is 0.167 e. The van der Waals surface area contributed by atoms with Gasteiger partial charge in [-0.1, -0.05) is 23.7 Å². The third kappa shape index (κ3) is 3.95. The zero-order valence-corrected chi connectivity index (χ0v) is 10.8. The summed E-state index contributed by atoms with van der Waals surface area (Å²) in [5, 5.41) is 9.26. The van der Waals surface area contributed by atoms with Crippen LogP contribution in [0.15, 0.2) is 29.3 Å². The lowest BCUT2D eigenvalue weighted by molar-refractivity contribution is 0.257. The summed E-state index contributed by atoms with van der Waals surface area (Å²) in [6.45, 7) is 4.62. The summed E-state index contributed by atoms with van der Waals surface area (Å²) < 4.78 is 11.1. The lowest BCUT2D eigenvalue weighted by Gasteiger charge is -2.14. The molecule has 0 aliphatic rings. The number of para-hydroxylation sites is 1. The van der Waals surface area contributed by atoms with Crippen molar-refractivity contribution in [3.8, 4) is 11.5 Å². The summed E-state index contributed by atoms with van der Waals surface area (Å²) in [6.07, 6.45) is 0. The smallest absolute Gasteiger partial charge is 0.167 e. The number of aliphatic hydroxyl groups is 1. The molecule has 1 aromatic carbocycles. The van der Waals surface area contributed by atoms with Crippen LogP contribution in [0, 0.1) is 0 Å². The number of halogens is 1. The Balaban J connectivity index is 2.92. The first-order valence-corrected chi connectivity index (χ1v) is 5.90. The lowest BCUT2D eigenvalue weighted by Crippen LogP contribution is -2.04. The molecule has 0 unspecified atom stereocenters. The van der Waals surface area contributed by atoms with Crippen molar-refractivity contribution in [3.05, 3.63) is 34.9 Å². The van der Waals surface area contributed by atoms with Crippen LogP contribution in [-0.2, 0) is 6.61 Å². The minimum absolute atomic E-state index is 0.0834. The molecule has 1 N–H and O–H groups in total. The van der Waals surface area contributed by atoms with Crippen molar-refractivity contribution in [2.75, 3.05) is 13.2 Å². The van der Waals surface area contributed by atoms with Gasteiger partial charge in [-0.2, -0.15) is 0 Å². The molecule has 0 amide bonds. The largest absolute Gasteiger partial charge is 0.490 e. The molecule has 0 atom stereocenters. The molecule has 1 aromatic rings. The van der Waals surface area contributed by atoms with Crippen molar-refractivity contribution in [1.82, 2.24) is 0 Å². The highest BCUT2D eigenvalue weighted by Crippen LogP contribution is 2.31. The molecule has 0 aliphatic carbocycles. The molecule has 0 saturated carbocycles. The Hall–Kier alpha value is -1.19. The third-order valence-electron chi connectivity index (χ3n) is 2.16. The highest BCUT2D eigenvalue weighted by Gasteiger charge is 2.10. The van der Waals surface area contributed by atoms with Crippen LogP contribution in [0.1, 0.15) is 19.4 Å². The van der Waals surface area contributed by atoms with Crippen LogP contribution in [0.4, 0.5) is 0 Å². The van der Waals surface area contributed by atoms with Crippen LogP contribution in [0.2, 0.25) is 0 Å². The predicted octanol–water partition coefficient (Wildman–Crippen LogP) is 3.10. The van der Waals surface area contributed by atoms with Crippen molar-refractivity contribution < 1.29 is 14.6 Å². The second-order valence-corrected chi connectivity index (χ2v) is 3.80. The molecule has 0 heterocycles. The van der Waals surface area contributed by atoms with Crippen LogP contribution in [0.25, 0.3) is 0 Å². The van der Waals surface area contributed by atoms with Gasteiger partial charge in [-0.05, 0) is 25.5 Å². The van der Waals surface area contributed by atoms with E-state index in [2.05, 4.69) is 0 Å². The summed E-state index contributed by atoms with van der Waals surface area (Å²) in [5.74, 6) is 1.22. The maximum absolute atomic E-state index is 9.26. The SMILES string of the molecule is CCOc1cccc(CO)c1OC/C(C)=C/Cl. The topological polar surface area (TPSA) is 38.7 Å². The van der Waals surface area contributed by atoms with Crippen LogP contribution >= 0.6 is 11.6 Å². The van der Waals surface area contributed by atoms with Gasteiger partial charge in [-0.25, -0.2) is 0 Å². The Labute approximate surface area is 107 Å². The van der Waals surface area contributed by atoms with Crippen molar-refractivity contribution in [2.45, 2.75) is 20.5 Å². The van der Waals surface area contributed by atoms with E-state index in [4.69, 9.17) is 21.1 Å². The van der Waals surface area contributed by atoms with Crippen molar-refractivity contribution in [2.24, 2.45) is 0 Å². The van der Waals surface area contributed by atoms with E-state index in [-0.39, 0.29) is 6.61 Å². The van der Waals surface area contributed by atoms with Gasteiger partial charge in [-0.3, -0.25) is 0 Å². The average molecular weight is 257 g/mol. The number of aliphatic hydroxyl groups excluding tert-OH is 1. The molecular formula is C13H17ClO3. The van der Waals surface area contributed by atoms with Crippen LogP contribution in [0.5, 0.6) is 11.5 Å². The number of hydrogen-bond acceptors (Lipinski definition) is 3. The number of rotatable bonds is 6.